The largest absolute Gasteiger partial charge is 0.348 e. The third kappa shape index (κ3) is 1.98. The van der Waals surface area contributed by atoms with Crippen LogP contribution < -0.4 is 0 Å². The van der Waals surface area contributed by atoms with Gasteiger partial charge in [-0.1, -0.05) is 30.3 Å². The van der Waals surface area contributed by atoms with Crippen LogP contribution in [-0.2, 0) is 9.47 Å². The average molecular weight is 236 g/mol. The summed E-state index contributed by atoms with van der Waals surface area (Å²) >= 11 is 0. The lowest BCUT2D eigenvalue weighted by atomic mass is 10.1. The lowest BCUT2D eigenvalue weighted by Gasteiger charge is -2.16. The summed E-state index contributed by atoms with van der Waals surface area (Å²) in [6.45, 7) is 4.25. The number of rotatable bonds is 2. The van der Waals surface area contributed by atoms with E-state index in [2.05, 4.69) is 0 Å². The Labute approximate surface area is 101 Å². The van der Waals surface area contributed by atoms with Crippen molar-refractivity contribution in [2.75, 3.05) is 6.61 Å². The third-order valence-electron chi connectivity index (χ3n) is 3.63. The topological polar surface area (TPSA) is 18.5 Å². The van der Waals surface area contributed by atoms with E-state index in [1.165, 1.54) is 0 Å². The molecule has 0 N–H and O–H groups in total. The second-order valence-corrected chi connectivity index (χ2v) is 5.33. The fourth-order valence-corrected chi connectivity index (χ4v) is 2.72. The first-order valence-electron chi connectivity index (χ1n) is 6.09. The molecule has 4 atom stereocenters. The zero-order chi connectivity index (χ0) is 12.0. The molecule has 2 nitrogen and oxygen atoms in total. The van der Waals surface area contributed by atoms with Crippen molar-refractivity contribution in [3.63, 3.8) is 0 Å². The van der Waals surface area contributed by atoms with Crippen molar-refractivity contribution in [2.24, 2.45) is 5.92 Å². The molecule has 0 aromatic heterocycles. The second kappa shape index (κ2) is 3.79. The number of alkyl halides is 1. The lowest BCUT2D eigenvalue weighted by molar-refractivity contribution is -0.141. The van der Waals surface area contributed by atoms with Gasteiger partial charge in [0, 0.05) is 11.8 Å². The van der Waals surface area contributed by atoms with Crippen LogP contribution in [0.15, 0.2) is 30.3 Å². The predicted molar refractivity (Wildman–Crippen MR) is 62.5 cm³/mol. The molecule has 1 aliphatic heterocycles. The molecular formula is C14H17FO2. The van der Waals surface area contributed by atoms with Gasteiger partial charge in [0.1, 0.15) is 6.17 Å². The molecule has 1 saturated heterocycles. The van der Waals surface area contributed by atoms with Crippen LogP contribution >= 0.6 is 0 Å². The van der Waals surface area contributed by atoms with E-state index in [-0.39, 0.29) is 17.9 Å². The van der Waals surface area contributed by atoms with Gasteiger partial charge in [-0.25, -0.2) is 4.39 Å². The number of benzene rings is 1. The molecule has 0 amide bonds. The first-order valence-corrected chi connectivity index (χ1v) is 6.09. The number of ether oxygens (including phenoxy) is 2. The van der Waals surface area contributed by atoms with Crippen LogP contribution in [0.5, 0.6) is 0 Å². The molecule has 92 valence electrons. The summed E-state index contributed by atoms with van der Waals surface area (Å²) in [4.78, 5) is 0. The fourth-order valence-electron chi connectivity index (χ4n) is 2.72. The van der Waals surface area contributed by atoms with Crippen molar-refractivity contribution in [1.29, 1.82) is 0 Å². The molecule has 3 heteroatoms. The monoisotopic (exact) mass is 236 g/mol. The van der Waals surface area contributed by atoms with Gasteiger partial charge in [-0.2, -0.15) is 0 Å². The Kier molecular flexibility index (Phi) is 2.49. The highest BCUT2D eigenvalue weighted by molar-refractivity contribution is 5.30. The van der Waals surface area contributed by atoms with Gasteiger partial charge < -0.3 is 9.47 Å². The minimum atomic E-state index is -0.792. The highest BCUT2D eigenvalue weighted by Crippen LogP contribution is 2.54. The van der Waals surface area contributed by atoms with E-state index in [1.54, 1.807) is 0 Å². The molecule has 17 heavy (non-hydrogen) atoms. The van der Waals surface area contributed by atoms with Crippen molar-refractivity contribution in [3.05, 3.63) is 35.9 Å². The van der Waals surface area contributed by atoms with Gasteiger partial charge in [0.2, 0.25) is 0 Å². The maximum absolute atomic E-state index is 13.9. The summed E-state index contributed by atoms with van der Waals surface area (Å²) in [5.41, 5.74) is 1.07. The average Bonchev–Trinajstić information content (AvgIpc) is 2.84. The summed E-state index contributed by atoms with van der Waals surface area (Å²) in [7, 11) is 0. The van der Waals surface area contributed by atoms with E-state index in [1.807, 2.05) is 44.2 Å². The highest BCUT2D eigenvalue weighted by atomic mass is 19.1. The third-order valence-corrected chi connectivity index (χ3v) is 3.63. The predicted octanol–water partition coefficient (Wildman–Crippen LogP) is 2.89. The molecule has 1 aromatic carbocycles. The van der Waals surface area contributed by atoms with Gasteiger partial charge in [-0.05, 0) is 19.4 Å². The van der Waals surface area contributed by atoms with Crippen LogP contribution in [0.2, 0.25) is 0 Å². The number of hydrogen-bond donors (Lipinski definition) is 0. The number of hydrogen-bond acceptors (Lipinski definition) is 2. The minimum absolute atomic E-state index is 0.0151. The van der Waals surface area contributed by atoms with Crippen LogP contribution in [0.3, 0.4) is 0 Å². The van der Waals surface area contributed by atoms with E-state index < -0.39 is 12.0 Å². The first-order chi connectivity index (χ1) is 8.08. The SMILES string of the molecule is CC1(C)OC[C@H]([C@@H]2[C@H](F)[C@@H]2c2ccccc2)O1. The van der Waals surface area contributed by atoms with E-state index in [4.69, 9.17) is 9.47 Å². The van der Waals surface area contributed by atoms with Crippen molar-refractivity contribution < 1.29 is 13.9 Å². The first kappa shape index (κ1) is 11.2. The maximum Gasteiger partial charge on any atom is 0.163 e. The maximum atomic E-state index is 13.9. The smallest absolute Gasteiger partial charge is 0.163 e. The van der Waals surface area contributed by atoms with Crippen molar-refractivity contribution in [1.82, 2.24) is 0 Å². The van der Waals surface area contributed by atoms with Gasteiger partial charge in [0.15, 0.2) is 5.79 Å². The molecule has 0 radical (unpaired) electrons. The van der Waals surface area contributed by atoms with Gasteiger partial charge in [-0.15, -0.1) is 0 Å². The minimum Gasteiger partial charge on any atom is -0.348 e. The Morgan fingerprint density at radius 3 is 2.53 bits per heavy atom. The summed E-state index contributed by atoms with van der Waals surface area (Å²) in [6, 6.07) is 9.82. The number of halogens is 1. The van der Waals surface area contributed by atoms with Crippen LogP contribution in [0.4, 0.5) is 4.39 Å². The zero-order valence-corrected chi connectivity index (χ0v) is 10.1. The zero-order valence-electron chi connectivity index (χ0n) is 10.1. The molecule has 1 aromatic rings. The van der Waals surface area contributed by atoms with E-state index in [9.17, 15) is 4.39 Å². The van der Waals surface area contributed by atoms with Crippen molar-refractivity contribution in [3.8, 4) is 0 Å². The molecule has 2 fully saturated rings. The Morgan fingerprint density at radius 2 is 1.94 bits per heavy atom. The standard InChI is InChI=1S/C14H17FO2/c1-14(2)16-8-10(17-14)12-11(13(12)15)9-6-4-3-5-7-9/h3-7,10-13H,8H2,1-2H3/t10-,11-,12+,13-/m1/s1. The van der Waals surface area contributed by atoms with E-state index in [0.29, 0.717) is 6.61 Å². The second-order valence-electron chi connectivity index (χ2n) is 5.33. The normalized spacial score (nSPS) is 39.2. The Hall–Kier alpha value is -0.930. The summed E-state index contributed by atoms with van der Waals surface area (Å²) < 4.78 is 25.1. The van der Waals surface area contributed by atoms with Gasteiger partial charge >= 0.3 is 0 Å². The molecule has 2 aliphatic rings. The van der Waals surface area contributed by atoms with E-state index in [0.717, 1.165) is 5.56 Å². The molecule has 1 aliphatic carbocycles. The van der Waals surface area contributed by atoms with Crippen molar-refractivity contribution in [2.45, 2.75) is 37.8 Å². The molecule has 1 saturated carbocycles. The molecule has 1 heterocycles. The molecule has 0 spiro atoms. The Bertz CT molecular complexity index is 404. The summed E-state index contributed by atoms with van der Waals surface area (Å²) in [5, 5.41) is 0. The van der Waals surface area contributed by atoms with Gasteiger partial charge in [0.25, 0.3) is 0 Å². The van der Waals surface area contributed by atoms with Gasteiger partial charge in [-0.3, -0.25) is 0 Å². The van der Waals surface area contributed by atoms with Crippen LogP contribution in [-0.4, -0.2) is 24.7 Å². The van der Waals surface area contributed by atoms with Crippen LogP contribution in [0.1, 0.15) is 25.3 Å². The van der Waals surface area contributed by atoms with Crippen molar-refractivity contribution >= 4 is 0 Å². The van der Waals surface area contributed by atoms with Crippen LogP contribution in [0.25, 0.3) is 0 Å². The molecule has 0 unspecified atom stereocenters. The molecular weight excluding hydrogens is 219 g/mol. The summed E-state index contributed by atoms with van der Waals surface area (Å²) in [5.74, 6) is -0.619. The van der Waals surface area contributed by atoms with E-state index >= 15 is 0 Å². The Morgan fingerprint density at radius 1 is 1.24 bits per heavy atom. The van der Waals surface area contributed by atoms with Gasteiger partial charge in [0.05, 0.1) is 12.7 Å². The Balaban J connectivity index is 1.72. The fraction of sp³-hybridized carbons (Fsp3) is 0.571. The van der Waals surface area contributed by atoms with Crippen LogP contribution in [0, 0.1) is 5.92 Å². The highest BCUT2D eigenvalue weighted by Gasteiger charge is 2.59. The molecule has 3 rings (SSSR count). The summed E-state index contributed by atoms with van der Waals surface area (Å²) in [6.07, 6.45) is -0.898. The lowest BCUT2D eigenvalue weighted by Crippen LogP contribution is -2.23. The molecule has 0 bridgehead atoms. The quantitative estimate of drug-likeness (QED) is 0.786.